The van der Waals surface area contributed by atoms with Crippen molar-refractivity contribution in [3.05, 3.63) is 57.7 Å². The number of thiophene rings is 1. The van der Waals surface area contributed by atoms with Crippen LogP contribution in [0.5, 0.6) is 11.5 Å². The molecular weight excluding hydrogens is 377 g/mol. The van der Waals surface area contributed by atoms with Gasteiger partial charge in [-0.25, -0.2) is 4.39 Å². The molecule has 0 aliphatic carbocycles. The van der Waals surface area contributed by atoms with Crippen LogP contribution in [0.2, 0.25) is 5.02 Å². The summed E-state index contributed by atoms with van der Waals surface area (Å²) in [6.45, 7) is 1.45. The van der Waals surface area contributed by atoms with Gasteiger partial charge in [0.05, 0.1) is 5.02 Å². The second kappa shape index (κ2) is 6.78. The zero-order chi connectivity index (χ0) is 18.3. The maximum absolute atomic E-state index is 13.4. The molecular formula is C19H15ClFNO3S. The van der Waals surface area contributed by atoms with Gasteiger partial charge in [0.15, 0.2) is 11.5 Å². The SMILES string of the molecule is CN(Cc1ccc2c(c1)OCCO2)C(=O)c1sc2cc(F)ccc2c1Cl. The molecule has 0 radical (unpaired) electrons. The summed E-state index contributed by atoms with van der Waals surface area (Å²) in [7, 11) is 1.71. The fourth-order valence-electron chi connectivity index (χ4n) is 2.88. The number of ether oxygens (including phenoxy) is 2. The Hall–Kier alpha value is -2.31. The Kier molecular flexibility index (Phi) is 4.46. The lowest BCUT2D eigenvalue weighted by Crippen LogP contribution is -2.25. The molecule has 2 aromatic carbocycles. The highest BCUT2D eigenvalue weighted by Gasteiger charge is 2.21. The fourth-order valence-corrected chi connectivity index (χ4v) is 4.41. The topological polar surface area (TPSA) is 38.8 Å². The van der Waals surface area contributed by atoms with Crippen LogP contribution in [0, 0.1) is 5.82 Å². The standard InChI is InChI=1S/C19H15ClFNO3S/c1-22(10-11-2-5-14-15(8-11)25-7-6-24-14)19(23)18-17(20)13-4-3-12(21)9-16(13)26-18/h2-5,8-9H,6-7,10H2,1H3. The van der Waals surface area contributed by atoms with Crippen LogP contribution in [0.15, 0.2) is 36.4 Å². The monoisotopic (exact) mass is 391 g/mol. The molecule has 0 fully saturated rings. The maximum Gasteiger partial charge on any atom is 0.265 e. The summed E-state index contributed by atoms with van der Waals surface area (Å²) >= 11 is 7.55. The summed E-state index contributed by atoms with van der Waals surface area (Å²) in [6.07, 6.45) is 0. The lowest BCUT2D eigenvalue weighted by Gasteiger charge is -2.21. The summed E-state index contributed by atoms with van der Waals surface area (Å²) in [6, 6.07) is 9.95. The van der Waals surface area contributed by atoms with Gasteiger partial charge in [-0.3, -0.25) is 4.79 Å². The van der Waals surface area contributed by atoms with Crippen LogP contribution < -0.4 is 9.47 Å². The molecule has 26 heavy (non-hydrogen) atoms. The Morgan fingerprint density at radius 3 is 2.77 bits per heavy atom. The van der Waals surface area contributed by atoms with E-state index in [1.807, 2.05) is 18.2 Å². The first-order valence-corrected chi connectivity index (χ1v) is 9.24. The fraction of sp³-hybridized carbons (Fsp3) is 0.211. The minimum atomic E-state index is -0.348. The van der Waals surface area contributed by atoms with Crippen molar-refractivity contribution in [3.8, 4) is 11.5 Å². The van der Waals surface area contributed by atoms with E-state index >= 15 is 0 Å². The molecule has 0 bridgehead atoms. The molecule has 0 N–H and O–H groups in total. The van der Waals surface area contributed by atoms with Crippen molar-refractivity contribution in [3.63, 3.8) is 0 Å². The van der Waals surface area contributed by atoms with Gasteiger partial charge in [0.25, 0.3) is 5.91 Å². The number of hydrogen-bond acceptors (Lipinski definition) is 4. The number of amides is 1. The van der Waals surface area contributed by atoms with E-state index in [2.05, 4.69) is 0 Å². The molecule has 1 aliphatic rings. The van der Waals surface area contributed by atoms with Crippen LogP contribution in [0.3, 0.4) is 0 Å². The van der Waals surface area contributed by atoms with E-state index in [-0.39, 0.29) is 11.7 Å². The van der Waals surface area contributed by atoms with E-state index in [9.17, 15) is 9.18 Å². The van der Waals surface area contributed by atoms with Crippen LogP contribution in [0.25, 0.3) is 10.1 Å². The average molecular weight is 392 g/mol. The minimum absolute atomic E-state index is 0.202. The molecule has 0 atom stereocenters. The molecule has 0 spiro atoms. The summed E-state index contributed by atoms with van der Waals surface area (Å²) in [5, 5.41) is 1.05. The number of benzene rings is 2. The van der Waals surface area contributed by atoms with E-state index in [1.54, 1.807) is 18.0 Å². The second-order valence-electron chi connectivity index (χ2n) is 6.02. The Labute approximate surface area is 158 Å². The van der Waals surface area contributed by atoms with Crippen LogP contribution in [-0.4, -0.2) is 31.1 Å². The quantitative estimate of drug-likeness (QED) is 0.647. The smallest absolute Gasteiger partial charge is 0.265 e. The van der Waals surface area contributed by atoms with E-state index in [1.165, 1.54) is 23.5 Å². The average Bonchev–Trinajstić information content (AvgIpc) is 2.96. The third-order valence-corrected chi connectivity index (χ3v) is 5.80. The van der Waals surface area contributed by atoms with Crippen molar-refractivity contribution in [1.29, 1.82) is 0 Å². The second-order valence-corrected chi connectivity index (χ2v) is 7.46. The maximum atomic E-state index is 13.4. The highest BCUT2D eigenvalue weighted by molar-refractivity contribution is 7.21. The highest BCUT2D eigenvalue weighted by Crippen LogP contribution is 2.37. The third kappa shape index (κ3) is 3.10. The number of carbonyl (C=O) groups excluding carboxylic acids is 1. The normalized spacial score (nSPS) is 13.0. The molecule has 1 aliphatic heterocycles. The van der Waals surface area contributed by atoms with Gasteiger partial charge in [-0.2, -0.15) is 0 Å². The summed E-state index contributed by atoms with van der Waals surface area (Å²) < 4.78 is 25.2. The number of carbonyl (C=O) groups is 1. The van der Waals surface area contributed by atoms with Crippen molar-refractivity contribution in [1.82, 2.24) is 4.90 Å². The van der Waals surface area contributed by atoms with E-state index in [0.717, 1.165) is 5.56 Å². The number of fused-ring (bicyclic) bond motifs is 2. The van der Waals surface area contributed by atoms with Crippen molar-refractivity contribution >= 4 is 38.9 Å². The molecule has 4 rings (SSSR count). The number of nitrogens with zero attached hydrogens (tertiary/aromatic N) is 1. The zero-order valence-corrected chi connectivity index (χ0v) is 15.5. The first-order chi connectivity index (χ1) is 12.5. The molecule has 1 aromatic heterocycles. The Bertz CT molecular complexity index is 1000. The van der Waals surface area contributed by atoms with Gasteiger partial charge in [-0.15, -0.1) is 11.3 Å². The van der Waals surface area contributed by atoms with Crippen molar-refractivity contribution in [2.24, 2.45) is 0 Å². The van der Waals surface area contributed by atoms with Gasteiger partial charge in [-0.1, -0.05) is 17.7 Å². The van der Waals surface area contributed by atoms with Crippen molar-refractivity contribution in [2.75, 3.05) is 20.3 Å². The first kappa shape index (κ1) is 17.1. The molecule has 134 valence electrons. The largest absolute Gasteiger partial charge is 0.486 e. The van der Waals surface area contributed by atoms with Gasteiger partial charge >= 0.3 is 0 Å². The lowest BCUT2D eigenvalue weighted by molar-refractivity contribution is 0.0790. The van der Waals surface area contributed by atoms with Crippen LogP contribution >= 0.6 is 22.9 Å². The van der Waals surface area contributed by atoms with Crippen molar-refractivity contribution < 1.29 is 18.7 Å². The van der Waals surface area contributed by atoms with Gasteiger partial charge in [-0.05, 0) is 35.9 Å². The molecule has 0 saturated carbocycles. The molecule has 7 heteroatoms. The summed E-state index contributed by atoms with van der Waals surface area (Å²) in [4.78, 5) is 14.8. The molecule has 0 unspecified atom stereocenters. The summed E-state index contributed by atoms with van der Waals surface area (Å²) in [5.41, 5.74) is 0.924. The van der Waals surface area contributed by atoms with Gasteiger partial charge in [0, 0.05) is 23.7 Å². The molecule has 2 heterocycles. The Balaban J connectivity index is 1.57. The third-order valence-electron chi connectivity index (χ3n) is 4.16. The highest BCUT2D eigenvalue weighted by atomic mass is 35.5. The zero-order valence-electron chi connectivity index (χ0n) is 13.9. The Morgan fingerprint density at radius 2 is 1.96 bits per heavy atom. The number of hydrogen-bond donors (Lipinski definition) is 0. The van der Waals surface area contributed by atoms with Gasteiger partial charge in [0.2, 0.25) is 0 Å². The van der Waals surface area contributed by atoms with Crippen LogP contribution in [0.1, 0.15) is 15.2 Å². The van der Waals surface area contributed by atoms with E-state index in [4.69, 9.17) is 21.1 Å². The predicted octanol–water partition coefficient (Wildman–Crippen LogP) is 4.74. The van der Waals surface area contributed by atoms with E-state index in [0.29, 0.717) is 51.2 Å². The summed E-state index contributed by atoms with van der Waals surface area (Å²) in [5.74, 6) is 0.846. The number of rotatable bonds is 3. The lowest BCUT2D eigenvalue weighted by atomic mass is 10.1. The molecule has 3 aromatic rings. The van der Waals surface area contributed by atoms with Crippen LogP contribution in [-0.2, 0) is 6.54 Å². The Morgan fingerprint density at radius 1 is 1.19 bits per heavy atom. The van der Waals surface area contributed by atoms with Crippen molar-refractivity contribution in [2.45, 2.75) is 6.54 Å². The molecule has 0 saturated heterocycles. The predicted molar refractivity (Wildman–Crippen MR) is 100 cm³/mol. The van der Waals surface area contributed by atoms with Gasteiger partial charge in [0.1, 0.15) is 23.9 Å². The van der Waals surface area contributed by atoms with Crippen LogP contribution in [0.4, 0.5) is 4.39 Å². The first-order valence-electron chi connectivity index (χ1n) is 8.04. The van der Waals surface area contributed by atoms with E-state index < -0.39 is 0 Å². The minimum Gasteiger partial charge on any atom is -0.486 e. The molecule has 4 nitrogen and oxygen atoms in total. The molecule has 1 amide bonds. The number of halogens is 2. The van der Waals surface area contributed by atoms with Gasteiger partial charge < -0.3 is 14.4 Å².